The topological polar surface area (TPSA) is 74.0 Å². The van der Waals surface area contributed by atoms with Crippen molar-refractivity contribution in [2.75, 3.05) is 19.7 Å². The van der Waals surface area contributed by atoms with E-state index in [-0.39, 0.29) is 11.5 Å². The summed E-state index contributed by atoms with van der Waals surface area (Å²) in [6, 6.07) is 10.4. The molecule has 0 saturated carbocycles. The second-order valence-corrected chi connectivity index (χ2v) is 7.94. The number of para-hydroxylation sites is 1. The molecule has 146 valence electrons. The Hall–Kier alpha value is -2.60. The van der Waals surface area contributed by atoms with E-state index in [9.17, 15) is 4.79 Å². The predicted octanol–water partition coefficient (Wildman–Crippen LogP) is 3.55. The number of aryl methyl sites for hydroxylation is 1. The Balaban J connectivity index is 1.36. The van der Waals surface area contributed by atoms with Gasteiger partial charge in [0, 0.05) is 29.7 Å². The van der Waals surface area contributed by atoms with Crippen molar-refractivity contribution >= 4 is 16.8 Å². The predicted molar refractivity (Wildman–Crippen MR) is 107 cm³/mol. The van der Waals surface area contributed by atoms with Crippen LogP contribution < -0.4 is 0 Å². The average Bonchev–Trinajstić information content (AvgIpc) is 3.34. The van der Waals surface area contributed by atoms with Gasteiger partial charge in [0.2, 0.25) is 0 Å². The maximum atomic E-state index is 12.9. The molecular formula is C22H26N4O2. The van der Waals surface area contributed by atoms with Crippen molar-refractivity contribution in [2.45, 2.75) is 44.6 Å². The van der Waals surface area contributed by atoms with Gasteiger partial charge in [-0.1, -0.05) is 31.5 Å². The molecule has 0 unspecified atom stereocenters. The van der Waals surface area contributed by atoms with E-state index >= 15 is 0 Å². The summed E-state index contributed by atoms with van der Waals surface area (Å²) in [7, 11) is 0. The van der Waals surface area contributed by atoms with Crippen molar-refractivity contribution in [1.29, 1.82) is 0 Å². The van der Waals surface area contributed by atoms with Gasteiger partial charge in [0.15, 0.2) is 0 Å². The average molecular weight is 378 g/mol. The van der Waals surface area contributed by atoms with Crippen molar-refractivity contribution in [2.24, 2.45) is 0 Å². The summed E-state index contributed by atoms with van der Waals surface area (Å²) in [5, 5.41) is 8.51. The first kappa shape index (κ1) is 17.5. The van der Waals surface area contributed by atoms with Crippen LogP contribution >= 0.6 is 0 Å². The number of fused-ring (bicyclic) bond motifs is 4. The first-order valence-corrected chi connectivity index (χ1v) is 10.3. The van der Waals surface area contributed by atoms with E-state index in [1.54, 1.807) is 0 Å². The molecule has 0 bridgehead atoms. The third-order valence-electron chi connectivity index (χ3n) is 6.23. The van der Waals surface area contributed by atoms with Gasteiger partial charge in [-0.05, 0) is 43.4 Å². The number of ether oxygens (including phenoxy) is 1. The maximum Gasteiger partial charge on any atom is 0.274 e. The smallest absolute Gasteiger partial charge is 0.274 e. The van der Waals surface area contributed by atoms with Crippen LogP contribution in [0.1, 0.15) is 53.6 Å². The normalized spacial score (nSPS) is 18.5. The van der Waals surface area contributed by atoms with E-state index in [4.69, 9.17) is 4.74 Å². The van der Waals surface area contributed by atoms with Gasteiger partial charge in [0.1, 0.15) is 11.3 Å². The third kappa shape index (κ3) is 2.75. The maximum absolute atomic E-state index is 12.9. The fourth-order valence-electron chi connectivity index (χ4n) is 4.77. The summed E-state index contributed by atoms with van der Waals surface area (Å²) in [5.41, 5.74) is 5.03. The number of hydrogen-bond acceptors (Lipinski definition) is 3. The lowest BCUT2D eigenvalue weighted by molar-refractivity contribution is -0.0957. The highest BCUT2D eigenvalue weighted by atomic mass is 16.5. The summed E-state index contributed by atoms with van der Waals surface area (Å²) in [6.07, 6.45) is 4.51. The number of aromatic amines is 2. The molecule has 1 fully saturated rings. The minimum Gasteiger partial charge on any atom is -0.368 e. The third-order valence-corrected chi connectivity index (χ3v) is 6.23. The van der Waals surface area contributed by atoms with Gasteiger partial charge in [-0.15, -0.1) is 0 Å². The number of aromatic nitrogens is 3. The molecule has 4 heterocycles. The fraction of sp³-hybridized carbons (Fsp3) is 0.455. The van der Waals surface area contributed by atoms with Gasteiger partial charge in [-0.25, -0.2) is 0 Å². The van der Waals surface area contributed by atoms with Crippen LogP contribution in [0.25, 0.3) is 10.9 Å². The second-order valence-electron chi connectivity index (χ2n) is 7.94. The number of carbonyl (C=O) groups is 1. The number of H-pyrrole nitrogens is 2. The second kappa shape index (κ2) is 6.78. The highest BCUT2D eigenvalue weighted by molar-refractivity contribution is 5.92. The lowest BCUT2D eigenvalue weighted by Crippen LogP contribution is -2.48. The molecular weight excluding hydrogens is 352 g/mol. The van der Waals surface area contributed by atoms with E-state index in [1.165, 1.54) is 22.2 Å². The van der Waals surface area contributed by atoms with Crippen molar-refractivity contribution < 1.29 is 9.53 Å². The first-order valence-electron chi connectivity index (χ1n) is 10.3. The molecule has 1 spiro atoms. The Labute approximate surface area is 164 Å². The molecule has 2 aliphatic rings. The number of amides is 1. The number of hydrogen-bond donors (Lipinski definition) is 2. The highest BCUT2D eigenvalue weighted by Crippen LogP contribution is 2.43. The SMILES string of the molecule is CCCc1cc(C(=O)N2CCC3(CC2)OCCc2c3[nH]c3ccccc23)n[nH]1. The monoisotopic (exact) mass is 378 g/mol. The molecule has 2 N–H and O–H groups in total. The van der Waals surface area contributed by atoms with Gasteiger partial charge < -0.3 is 14.6 Å². The molecule has 3 aromatic rings. The molecule has 5 rings (SSSR count). The summed E-state index contributed by atoms with van der Waals surface area (Å²) >= 11 is 0. The van der Waals surface area contributed by atoms with Crippen LogP contribution in [0.2, 0.25) is 0 Å². The number of carbonyl (C=O) groups excluding carboxylic acids is 1. The molecule has 0 radical (unpaired) electrons. The summed E-state index contributed by atoms with van der Waals surface area (Å²) in [5.74, 6) is 0.0149. The van der Waals surface area contributed by atoms with E-state index < -0.39 is 0 Å². The number of likely N-dealkylation sites (tertiary alicyclic amines) is 1. The minimum atomic E-state index is -0.303. The van der Waals surface area contributed by atoms with Crippen LogP contribution in [0.4, 0.5) is 0 Å². The Morgan fingerprint density at radius 2 is 2.11 bits per heavy atom. The lowest BCUT2D eigenvalue weighted by atomic mass is 9.83. The van der Waals surface area contributed by atoms with Crippen LogP contribution in [0.5, 0.6) is 0 Å². The highest BCUT2D eigenvalue weighted by Gasteiger charge is 2.43. The summed E-state index contributed by atoms with van der Waals surface area (Å²) in [6.45, 7) is 4.23. The minimum absolute atomic E-state index is 0.0149. The number of piperidine rings is 1. The van der Waals surface area contributed by atoms with Crippen molar-refractivity contribution in [3.05, 3.63) is 53.0 Å². The number of rotatable bonds is 3. The lowest BCUT2D eigenvalue weighted by Gasteiger charge is -2.43. The molecule has 2 aliphatic heterocycles. The molecule has 0 atom stereocenters. The number of nitrogens with zero attached hydrogens (tertiary/aromatic N) is 2. The zero-order chi connectivity index (χ0) is 19.1. The van der Waals surface area contributed by atoms with Crippen molar-refractivity contribution in [3.8, 4) is 0 Å². The van der Waals surface area contributed by atoms with Crippen LogP contribution in [-0.4, -0.2) is 45.7 Å². The van der Waals surface area contributed by atoms with E-state index in [0.717, 1.165) is 44.4 Å². The van der Waals surface area contributed by atoms with Gasteiger partial charge >= 0.3 is 0 Å². The van der Waals surface area contributed by atoms with E-state index in [0.29, 0.717) is 18.8 Å². The zero-order valence-electron chi connectivity index (χ0n) is 16.3. The van der Waals surface area contributed by atoms with Gasteiger partial charge in [0.25, 0.3) is 5.91 Å². The van der Waals surface area contributed by atoms with Crippen LogP contribution in [-0.2, 0) is 23.2 Å². The molecule has 28 heavy (non-hydrogen) atoms. The van der Waals surface area contributed by atoms with Gasteiger partial charge in [0.05, 0.1) is 12.3 Å². The number of nitrogens with one attached hydrogen (secondary N) is 2. The fourth-order valence-corrected chi connectivity index (χ4v) is 4.77. The quantitative estimate of drug-likeness (QED) is 0.732. The van der Waals surface area contributed by atoms with Crippen molar-refractivity contribution in [3.63, 3.8) is 0 Å². The van der Waals surface area contributed by atoms with Crippen LogP contribution in [0.15, 0.2) is 30.3 Å². The van der Waals surface area contributed by atoms with E-state index in [2.05, 4.69) is 46.4 Å². The zero-order valence-corrected chi connectivity index (χ0v) is 16.3. The molecule has 1 saturated heterocycles. The van der Waals surface area contributed by atoms with Crippen LogP contribution in [0, 0.1) is 0 Å². The van der Waals surface area contributed by atoms with Crippen LogP contribution in [0.3, 0.4) is 0 Å². The molecule has 2 aromatic heterocycles. The Morgan fingerprint density at radius 1 is 1.29 bits per heavy atom. The van der Waals surface area contributed by atoms with Crippen molar-refractivity contribution in [1.82, 2.24) is 20.1 Å². The molecule has 0 aliphatic carbocycles. The summed E-state index contributed by atoms with van der Waals surface area (Å²) < 4.78 is 6.34. The molecule has 1 amide bonds. The standard InChI is InChI=1S/C22H26N4O2/c1-2-5-15-14-19(25-24-15)21(27)26-11-9-22(10-12-26)20-17(8-13-28-22)16-6-3-4-7-18(16)23-20/h3-4,6-7,14,23H,2,5,8-13H2,1H3,(H,24,25). The Kier molecular flexibility index (Phi) is 4.23. The summed E-state index contributed by atoms with van der Waals surface area (Å²) in [4.78, 5) is 18.4. The van der Waals surface area contributed by atoms with Gasteiger partial charge in [-0.2, -0.15) is 5.10 Å². The number of benzene rings is 1. The first-order chi connectivity index (χ1) is 13.7. The molecule has 6 heteroatoms. The van der Waals surface area contributed by atoms with E-state index in [1.807, 2.05) is 11.0 Å². The Morgan fingerprint density at radius 3 is 2.93 bits per heavy atom. The van der Waals surface area contributed by atoms with Gasteiger partial charge in [-0.3, -0.25) is 9.89 Å². The largest absolute Gasteiger partial charge is 0.368 e. The molecule has 1 aromatic carbocycles. The Bertz CT molecular complexity index is 1010. The molecule has 6 nitrogen and oxygen atoms in total.